The molecule has 2 rings (SSSR count). The normalized spacial score (nSPS) is 24.2. The third-order valence-electron chi connectivity index (χ3n) is 1.66. The smallest absolute Gasteiger partial charge is 0.312 e. The molecule has 1 unspecified atom stereocenters. The second-order valence-electron chi connectivity index (χ2n) is 2.48. The van der Waals surface area contributed by atoms with Gasteiger partial charge in [0.15, 0.2) is 0 Å². The Balaban J connectivity index is 2.15. The SMILES string of the molecule is Nc1nnc(C2CCCO2)o1. The molecule has 5 heteroatoms. The molecule has 0 spiro atoms. The van der Waals surface area contributed by atoms with Crippen molar-refractivity contribution >= 4 is 6.01 Å². The minimum Gasteiger partial charge on any atom is -0.405 e. The van der Waals surface area contributed by atoms with Crippen LogP contribution in [0.25, 0.3) is 0 Å². The van der Waals surface area contributed by atoms with Crippen LogP contribution in [-0.2, 0) is 4.74 Å². The minimum atomic E-state index is -0.0280. The maximum atomic E-state index is 5.30. The Bertz CT molecular complexity index is 242. The van der Waals surface area contributed by atoms with Crippen LogP contribution in [0.5, 0.6) is 0 Å². The molecule has 5 nitrogen and oxygen atoms in total. The molecule has 1 atom stereocenters. The molecule has 1 fully saturated rings. The van der Waals surface area contributed by atoms with E-state index in [1.54, 1.807) is 0 Å². The zero-order chi connectivity index (χ0) is 7.68. The molecule has 0 saturated carbocycles. The van der Waals surface area contributed by atoms with Gasteiger partial charge in [0.05, 0.1) is 0 Å². The van der Waals surface area contributed by atoms with Crippen LogP contribution in [-0.4, -0.2) is 16.8 Å². The zero-order valence-corrected chi connectivity index (χ0v) is 5.99. The Morgan fingerprint density at radius 3 is 2.91 bits per heavy atom. The highest BCUT2D eigenvalue weighted by Gasteiger charge is 2.22. The fraction of sp³-hybridized carbons (Fsp3) is 0.667. The summed E-state index contributed by atoms with van der Waals surface area (Å²) < 4.78 is 10.3. The van der Waals surface area contributed by atoms with Gasteiger partial charge in [-0.1, -0.05) is 5.10 Å². The highest BCUT2D eigenvalue weighted by Crippen LogP contribution is 2.27. The molecule has 0 amide bonds. The van der Waals surface area contributed by atoms with Crippen molar-refractivity contribution in [2.24, 2.45) is 0 Å². The minimum absolute atomic E-state index is 0.0280. The summed E-state index contributed by atoms with van der Waals surface area (Å²) in [5.74, 6) is 0.500. The van der Waals surface area contributed by atoms with E-state index in [-0.39, 0.29) is 12.1 Å². The average molecular weight is 155 g/mol. The van der Waals surface area contributed by atoms with Crippen molar-refractivity contribution < 1.29 is 9.15 Å². The van der Waals surface area contributed by atoms with Crippen molar-refractivity contribution in [3.05, 3.63) is 5.89 Å². The van der Waals surface area contributed by atoms with E-state index in [1.807, 2.05) is 0 Å². The first kappa shape index (κ1) is 6.60. The summed E-state index contributed by atoms with van der Waals surface area (Å²) in [6, 6.07) is 0.107. The highest BCUT2D eigenvalue weighted by molar-refractivity contribution is 5.06. The summed E-state index contributed by atoms with van der Waals surface area (Å²) in [5.41, 5.74) is 5.25. The van der Waals surface area contributed by atoms with Gasteiger partial charge in [0.2, 0.25) is 5.89 Å². The number of nitrogens with zero attached hydrogens (tertiary/aromatic N) is 2. The molecule has 0 aliphatic carbocycles. The van der Waals surface area contributed by atoms with Crippen LogP contribution in [0.3, 0.4) is 0 Å². The molecule has 0 aromatic carbocycles. The molecule has 1 aliphatic rings. The Kier molecular flexibility index (Phi) is 1.50. The Labute approximate surface area is 63.5 Å². The molecule has 1 aromatic heterocycles. The van der Waals surface area contributed by atoms with Gasteiger partial charge < -0.3 is 14.9 Å². The lowest BCUT2D eigenvalue weighted by Gasteiger charge is -2.00. The van der Waals surface area contributed by atoms with Crippen molar-refractivity contribution in [2.45, 2.75) is 18.9 Å². The van der Waals surface area contributed by atoms with Crippen LogP contribution >= 0.6 is 0 Å². The first-order valence-corrected chi connectivity index (χ1v) is 3.57. The Hall–Kier alpha value is -1.10. The molecular weight excluding hydrogens is 146 g/mol. The molecular formula is C6H9N3O2. The van der Waals surface area contributed by atoms with E-state index < -0.39 is 0 Å². The van der Waals surface area contributed by atoms with Crippen LogP contribution in [0, 0.1) is 0 Å². The number of hydrogen-bond donors (Lipinski definition) is 1. The fourth-order valence-electron chi connectivity index (χ4n) is 1.15. The molecule has 1 aliphatic heterocycles. The van der Waals surface area contributed by atoms with Crippen molar-refractivity contribution in [1.29, 1.82) is 0 Å². The zero-order valence-electron chi connectivity index (χ0n) is 5.99. The van der Waals surface area contributed by atoms with E-state index in [2.05, 4.69) is 10.2 Å². The van der Waals surface area contributed by atoms with Gasteiger partial charge in [-0.25, -0.2) is 0 Å². The van der Waals surface area contributed by atoms with Crippen molar-refractivity contribution in [3.63, 3.8) is 0 Å². The monoisotopic (exact) mass is 155 g/mol. The first-order chi connectivity index (χ1) is 5.36. The van der Waals surface area contributed by atoms with E-state index in [9.17, 15) is 0 Å². The first-order valence-electron chi connectivity index (χ1n) is 3.57. The van der Waals surface area contributed by atoms with Crippen LogP contribution in [0.1, 0.15) is 24.8 Å². The van der Waals surface area contributed by atoms with Gasteiger partial charge >= 0.3 is 6.01 Å². The van der Waals surface area contributed by atoms with E-state index in [0.29, 0.717) is 5.89 Å². The number of nitrogen functional groups attached to an aromatic ring is 1. The number of hydrogen-bond acceptors (Lipinski definition) is 5. The molecule has 1 aromatic rings. The highest BCUT2D eigenvalue weighted by atomic mass is 16.5. The second kappa shape index (κ2) is 2.50. The molecule has 2 heterocycles. The van der Waals surface area contributed by atoms with Gasteiger partial charge in [0.25, 0.3) is 0 Å². The third-order valence-corrected chi connectivity index (χ3v) is 1.66. The summed E-state index contributed by atoms with van der Waals surface area (Å²) in [6.07, 6.45) is 1.97. The number of nitrogens with two attached hydrogens (primary N) is 1. The lowest BCUT2D eigenvalue weighted by atomic mass is 10.2. The molecule has 11 heavy (non-hydrogen) atoms. The van der Waals surface area contributed by atoms with E-state index >= 15 is 0 Å². The van der Waals surface area contributed by atoms with Crippen molar-refractivity contribution in [2.75, 3.05) is 12.3 Å². The summed E-state index contributed by atoms with van der Waals surface area (Å²) in [5, 5.41) is 7.27. The summed E-state index contributed by atoms with van der Waals surface area (Å²) in [6.45, 7) is 0.771. The van der Waals surface area contributed by atoms with Crippen LogP contribution in [0.2, 0.25) is 0 Å². The number of ether oxygens (including phenoxy) is 1. The maximum absolute atomic E-state index is 5.30. The van der Waals surface area contributed by atoms with Gasteiger partial charge in [-0.2, -0.15) is 0 Å². The molecule has 2 N–H and O–H groups in total. The van der Waals surface area contributed by atoms with E-state index in [0.717, 1.165) is 19.4 Å². The number of anilines is 1. The molecule has 60 valence electrons. The number of aromatic nitrogens is 2. The summed E-state index contributed by atoms with van der Waals surface area (Å²) >= 11 is 0. The van der Waals surface area contributed by atoms with E-state index in [1.165, 1.54) is 0 Å². The van der Waals surface area contributed by atoms with Gasteiger partial charge in [-0.3, -0.25) is 0 Å². The van der Waals surface area contributed by atoms with Gasteiger partial charge in [-0.15, -0.1) is 5.10 Å². The van der Waals surface area contributed by atoms with Crippen LogP contribution in [0.15, 0.2) is 4.42 Å². The topological polar surface area (TPSA) is 74.2 Å². The lowest BCUT2D eigenvalue weighted by molar-refractivity contribution is 0.0898. The molecule has 0 bridgehead atoms. The van der Waals surface area contributed by atoms with Crippen LogP contribution < -0.4 is 5.73 Å². The lowest BCUT2D eigenvalue weighted by Crippen LogP contribution is -1.95. The van der Waals surface area contributed by atoms with Gasteiger partial charge in [-0.05, 0) is 12.8 Å². The van der Waals surface area contributed by atoms with Crippen LogP contribution in [0.4, 0.5) is 6.01 Å². The molecule has 1 saturated heterocycles. The third kappa shape index (κ3) is 1.19. The molecule has 0 radical (unpaired) electrons. The fourth-order valence-corrected chi connectivity index (χ4v) is 1.15. The Morgan fingerprint density at radius 2 is 2.36 bits per heavy atom. The number of rotatable bonds is 1. The standard InChI is InChI=1S/C6H9N3O2/c7-6-9-8-5(11-6)4-2-1-3-10-4/h4H,1-3H2,(H2,7,9). The predicted molar refractivity (Wildman–Crippen MR) is 36.6 cm³/mol. The van der Waals surface area contributed by atoms with E-state index in [4.69, 9.17) is 14.9 Å². The summed E-state index contributed by atoms with van der Waals surface area (Å²) in [4.78, 5) is 0. The van der Waals surface area contributed by atoms with Gasteiger partial charge in [0.1, 0.15) is 6.10 Å². The quantitative estimate of drug-likeness (QED) is 0.639. The largest absolute Gasteiger partial charge is 0.405 e. The van der Waals surface area contributed by atoms with Crippen molar-refractivity contribution in [3.8, 4) is 0 Å². The van der Waals surface area contributed by atoms with Crippen molar-refractivity contribution in [1.82, 2.24) is 10.2 Å². The second-order valence-corrected chi connectivity index (χ2v) is 2.48. The summed E-state index contributed by atoms with van der Waals surface area (Å²) in [7, 11) is 0. The van der Waals surface area contributed by atoms with Gasteiger partial charge in [0, 0.05) is 6.61 Å². The Morgan fingerprint density at radius 1 is 1.45 bits per heavy atom. The maximum Gasteiger partial charge on any atom is 0.312 e. The predicted octanol–water partition coefficient (Wildman–Crippen LogP) is 0.503. The average Bonchev–Trinajstić information content (AvgIpc) is 2.55.